The number of nitriles is 1. The molecule has 0 amide bonds. The fourth-order valence-corrected chi connectivity index (χ4v) is 1.29. The number of hydrogen-bond donors (Lipinski definition) is 1. The molecule has 1 rings (SSSR count). The molecular formula is C10H8ClNO2. The molecule has 72 valence electrons. The van der Waals surface area contributed by atoms with Crippen LogP contribution in [0.5, 0.6) is 5.75 Å². The quantitative estimate of drug-likeness (QED) is 0.759. The van der Waals surface area contributed by atoms with Gasteiger partial charge in [0.25, 0.3) is 0 Å². The molecule has 1 atom stereocenters. The van der Waals surface area contributed by atoms with Crippen molar-refractivity contribution in [1.82, 2.24) is 0 Å². The first-order valence-corrected chi connectivity index (χ1v) is 4.38. The number of carbonyl (C=O) groups is 1. The predicted molar refractivity (Wildman–Crippen MR) is 52.1 cm³/mol. The zero-order chi connectivity index (χ0) is 10.7. The van der Waals surface area contributed by atoms with Gasteiger partial charge in [-0.2, -0.15) is 5.26 Å². The van der Waals surface area contributed by atoms with Crippen LogP contribution in [0.2, 0.25) is 0 Å². The van der Waals surface area contributed by atoms with Gasteiger partial charge in [0, 0.05) is 0 Å². The summed E-state index contributed by atoms with van der Waals surface area (Å²) in [6.07, 6.45) is 0. The first-order chi connectivity index (χ1) is 6.57. The average Bonchev–Trinajstić information content (AvgIpc) is 2.16. The fourth-order valence-electron chi connectivity index (χ4n) is 1.11. The van der Waals surface area contributed by atoms with Gasteiger partial charge in [-0.15, -0.1) is 11.6 Å². The Morgan fingerprint density at radius 3 is 2.79 bits per heavy atom. The summed E-state index contributed by atoms with van der Waals surface area (Å²) in [7, 11) is 0. The van der Waals surface area contributed by atoms with Gasteiger partial charge < -0.3 is 5.11 Å². The normalized spacial score (nSPS) is 11.8. The number of phenolic OH excluding ortho intramolecular Hbond substituents is 1. The maximum Gasteiger partial charge on any atom is 0.152 e. The first kappa shape index (κ1) is 10.6. The minimum absolute atomic E-state index is 0.0581. The van der Waals surface area contributed by atoms with Crippen LogP contribution in [0.3, 0.4) is 0 Å². The summed E-state index contributed by atoms with van der Waals surface area (Å²) in [6.45, 7) is 1.34. The van der Waals surface area contributed by atoms with Crippen LogP contribution in [0.15, 0.2) is 18.2 Å². The summed E-state index contributed by atoms with van der Waals surface area (Å²) in [4.78, 5) is 11.0. The molecule has 0 aliphatic rings. The number of rotatable bonds is 2. The number of hydrogen-bond acceptors (Lipinski definition) is 3. The molecule has 0 fully saturated rings. The summed E-state index contributed by atoms with van der Waals surface area (Å²) in [5.41, 5.74) is 0.407. The summed E-state index contributed by atoms with van der Waals surface area (Å²) in [5.74, 6) is -0.411. The predicted octanol–water partition coefficient (Wildman–Crippen LogP) is 2.13. The van der Waals surface area contributed by atoms with Crippen LogP contribution in [0, 0.1) is 11.3 Å². The van der Waals surface area contributed by atoms with E-state index in [0.717, 1.165) is 0 Å². The van der Waals surface area contributed by atoms with Crippen LogP contribution < -0.4 is 0 Å². The third-order valence-corrected chi connectivity index (χ3v) is 2.36. The minimum Gasteiger partial charge on any atom is -0.507 e. The van der Waals surface area contributed by atoms with Crippen LogP contribution >= 0.6 is 11.6 Å². The van der Waals surface area contributed by atoms with Crippen molar-refractivity contribution in [2.45, 2.75) is 12.3 Å². The first-order valence-electron chi connectivity index (χ1n) is 3.94. The van der Waals surface area contributed by atoms with E-state index in [9.17, 15) is 9.90 Å². The molecule has 0 heterocycles. The van der Waals surface area contributed by atoms with Crippen molar-refractivity contribution in [3.63, 3.8) is 0 Å². The lowest BCUT2D eigenvalue weighted by molar-refractivity contribution is -0.116. The second kappa shape index (κ2) is 4.12. The van der Waals surface area contributed by atoms with Crippen molar-refractivity contribution in [2.24, 2.45) is 0 Å². The van der Waals surface area contributed by atoms with Gasteiger partial charge in [-0.05, 0) is 18.6 Å². The summed E-state index contributed by atoms with van der Waals surface area (Å²) < 4.78 is 0. The molecule has 1 aromatic rings. The molecule has 1 unspecified atom stereocenters. The Hall–Kier alpha value is -1.53. The number of aromatic hydroxyl groups is 1. The molecule has 0 spiro atoms. The smallest absolute Gasteiger partial charge is 0.152 e. The molecule has 3 nitrogen and oxygen atoms in total. The molecule has 14 heavy (non-hydrogen) atoms. The van der Waals surface area contributed by atoms with Gasteiger partial charge in [-0.1, -0.05) is 12.1 Å². The lowest BCUT2D eigenvalue weighted by atomic mass is 10.0. The fraction of sp³-hybridized carbons (Fsp3) is 0.200. The topological polar surface area (TPSA) is 61.1 Å². The monoisotopic (exact) mass is 209 g/mol. The van der Waals surface area contributed by atoms with E-state index in [1.165, 1.54) is 13.0 Å². The SMILES string of the molecule is CC(=O)C(Cl)c1cccc(O)c1C#N. The van der Waals surface area contributed by atoms with E-state index in [-0.39, 0.29) is 17.1 Å². The van der Waals surface area contributed by atoms with Crippen molar-refractivity contribution >= 4 is 17.4 Å². The molecule has 0 aliphatic carbocycles. The highest BCUT2D eigenvalue weighted by Gasteiger charge is 2.18. The van der Waals surface area contributed by atoms with Crippen molar-refractivity contribution in [3.05, 3.63) is 29.3 Å². The average molecular weight is 210 g/mol. The molecule has 0 radical (unpaired) electrons. The van der Waals surface area contributed by atoms with Gasteiger partial charge in [-0.25, -0.2) is 0 Å². The zero-order valence-corrected chi connectivity index (χ0v) is 8.25. The van der Waals surface area contributed by atoms with Crippen molar-refractivity contribution in [3.8, 4) is 11.8 Å². The van der Waals surface area contributed by atoms with Crippen LogP contribution in [-0.4, -0.2) is 10.9 Å². The third kappa shape index (κ3) is 1.86. The van der Waals surface area contributed by atoms with Crippen molar-refractivity contribution in [1.29, 1.82) is 5.26 Å². The van der Waals surface area contributed by atoms with Crippen molar-refractivity contribution < 1.29 is 9.90 Å². The highest BCUT2D eigenvalue weighted by molar-refractivity contribution is 6.31. The van der Waals surface area contributed by atoms with Gasteiger partial charge in [0.05, 0.1) is 5.56 Å². The summed E-state index contributed by atoms with van der Waals surface area (Å²) in [6, 6.07) is 6.29. The van der Waals surface area contributed by atoms with Gasteiger partial charge in [-0.3, -0.25) is 4.79 Å². The Balaban J connectivity index is 3.29. The third-order valence-electron chi connectivity index (χ3n) is 1.82. The maximum absolute atomic E-state index is 11.0. The lowest BCUT2D eigenvalue weighted by Gasteiger charge is -2.08. The van der Waals surface area contributed by atoms with Gasteiger partial charge >= 0.3 is 0 Å². The Morgan fingerprint density at radius 2 is 2.29 bits per heavy atom. The van der Waals surface area contributed by atoms with E-state index in [0.29, 0.717) is 5.56 Å². The van der Waals surface area contributed by atoms with E-state index in [1.807, 2.05) is 6.07 Å². The van der Waals surface area contributed by atoms with Crippen LogP contribution in [0.4, 0.5) is 0 Å². The summed E-state index contributed by atoms with van der Waals surface area (Å²) in [5, 5.41) is 17.2. The molecule has 0 saturated heterocycles. The van der Waals surface area contributed by atoms with Crippen LogP contribution in [0.25, 0.3) is 0 Å². The molecule has 0 saturated carbocycles. The van der Waals surface area contributed by atoms with E-state index in [4.69, 9.17) is 16.9 Å². The molecular weight excluding hydrogens is 202 g/mol. The second-order valence-corrected chi connectivity index (χ2v) is 3.26. The molecule has 1 aromatic carbocycles. The number of alkyl halides is 1. The number of Topliss-reactive ketones (excluding diaryl/α,β-unsaturated/α-hetero) is 1. The molecule has 0 bridgehead atoms. The highest BCUT2D eigenvalue weighted by Crippen LogP contribution is 2.29. The van der Waals surface area contributed by atoms with E-state index in [2.05, 4.69) is 0 Å². The Bertz CT molecular complexity index is 409. The van der Waals surface area contributed by atoms with E-state index in [1.54, 1.807) is 12.1 Å². The second-order valence-electron chi connectivity index (χ2n) is 2.83. The van der Waals surface area contributed by atoms with Crippen molar-refractivity contribution in [2.75, 3.05) is 0 Å². The number of halogens is 1. The summed E-state index contributed by atoms with van der Waals surface area (Å²) >= 11 is 5.79. The molecule has 4 heteroatoms. The van der Waals surface area contributed by atoms with E-state index < -0.39 is 5.38 Å². The zero-order valence-electron chi connectivity index (χ0n) is 7.49. The number of benzene rings is 1. The lowest BCUT2D eigenvalue weighted by Crippen LogP contribution is -2.03. The molecule has 0 aliphatic heterocycles. The van der Waals surface area contributed by atoms with Gasteiger partial charge in [0.15, 0.2) is 5.78 Å². The number of phenols is 1. The Morgan fingerprint density at radius 1 is 1.64 bits per heavy atom. The maximum atomic E-state index is 11.0. The number of ketones is 1. The highest BCUT2D eigenvalue weighted by atomic mass is 35.5. The largest absolute Gasteiger partial charge is 0.507 e. The van der Waals surface area contributed by atoms with E-state index >= 15 is 0 Å². The number of carbonyl (C=O) groups excluding carboxylic acids is 1. The molecule has 1 N–H and O–H groups in total. The van der Waals surface area contributed by atoms with Gasteiger partial charge in [0.1, 0.15) is 17.2 Å². The van der Waals surface area contributed by atoms with Gasteiger partial charge in [0.2, 0.25) is 0 Å². The Labute approximate surface area is 86.5 Å². The standard InChI is InChI=1S/C10H8ClNO2/c1-6(13)10(11)7-3-2-4-9(14)8(7)5-12/h2-4,10,14H,1H3. The Kier molecular flexibility index (Phi) is 3.10. The number of nitrogens with zero attached hydrogens (tertiary/aromatic N) is 1. The molecule has 0 aromatic heterocycles. The van der Waals surface area contributed by atoms with Crippen LogP contribution in [-0.2, 0) is 4.79 Å². The minimum atomic E-state index is -0.878. The van der Waals surface area contributed by atoms with Crippen LogP contribution in [0.1, 0.15) is 23.4 Å².